The highest BCUT2D eigenvalue weighted by Gasteiger charge is 2.41. The van der Waals surface area contributed by atoms with Crippen LogP contribution in [0.1, 0.15) is 60.3 Å². The minimum Gasteiger partial charge on any atom is -0.295 e. The molecule has 0 aromatic heterocycles. The highest BCUT2D eigenvalue weighted by molar-refractivity contribution is 5.89. The molecule has 0 aromatic rings. The summed E-state index contributed by atoms with van der Waals surface area (Å²) in [5.74, 6) is 0.191. The molecule has 0 radical (unpaired) electrons. The highest BCUT2D eigenvalue weighted by atomic mass is 16.1. The Hall–Kier alpha value is -0.850. The zero-order valence-corrected chi connectivity index (χ0v) is 11.8. The van der Waals surface area contributed by atoms with Gasteiger partial charge in [0.2, 0.25) is 0 Å². The van der Waals surface area contributed by atoms with E-state index in [1.54, 1.807) is 12.5 Å². The molecule has 0 aliphatic heterocycles. The molecule has 0 fully saturated rings. The van der Waals surface area contributed by atoms with E-state index >= 15 is 0 Å². The van der Waals surface area contributed by atoms with Crippen molar-refractivity contribution in [2.75, 3.05) is 0 Å². The molecule has 1 heteroatoms. The third-order valence-corrected chi connectivity index (χ3v) is 4.28. The predicted molar refractivity (Wildman–Crippen MR) is 71.8 cm³/mol. The van der Waals surface area contributed by atoms with Gasteiger partial charge in [0.25, 0.3) is 0 Å². The third kappa shape index (κ3) is 2.38. The fourth-order valence-corrected chi connectivity index (χ4v) is 3.34. The van der Waals surface area contributed by atoms with E-state index in [4.69, 9.17) is 0 Å². The van der Waals surface area contributed by atoms with E-state index in [-0.39, 0.29) is 5.78 Å². The van der Waals surface area contributed by atoms with Crippen LogP contribution in [0.3, 0.4) is 0 Å². The molecule has 0 amide bonds. The van der Waals surface area contributed by atoms with Crippen molar-refractivity contribution in [1.82, 2.24) is 0 Å². The maximum Gasteiger partial charge on any atom is 0.152 e. The lowest BCUT2D eigenvalue weighted by atomic mass is 9.71. The number of carbonyl (C=O) groups excluding carboxylic acids is 1. The van der Waals surface area contributed by atoms with Crippen molar-refractivity contribution in [3.8, 4) is 0 Å². The molecule has 0 atom stereocenters. The highest BCUT2D eigenvalue weighted by Crippen LogP contribution is 2.55. The molecule has 0 unspecified atom stereocenters. The summed E-state index contributed by atoms with van der Waals surface area (Å²) >= 11 is 0. The normalized spacial score (nSPS) is 28.4. The first-order valence-electron chi connectivity index (χ1n) is 6.65. The van der Waals surface area contributed by atoms with Gasteiger partial charge in [-0.05, 0) is 60.7 Å². The largest absolute Gasteiger partial charge is 0.295 e. The van der Waals surface area contributed by atoms with Crippen LogP contribution in [0.2, 0.25) is 0 Å². The lowest BCUT2D eigenvalue weighted by molar-refractivity contribution is -0.112. The van der Waals surface area contributed by atoms with Crippen LogP contribution in [0.25, 0.3) is 0 Å². The predicted octanol–water partition coefficient (Wildman–Crippen LogP) is 4.44. The Kier molecular flexibility index (Phi) is 2.84. The van der Waals surface area contributed by atoms with Crippen LogP contribution in [-0.4, -0.2) is 5.78 Å². The molecule has 2 aliphatic carbocycles. The minimum absolute atomic E-state index is 0.191. The Balaban J connectivity index is 2.45. The monoisotopic (exact) mass is 232 g/mol. The summed E-state index contributed by atoms with van der Waals surface area (Å²) in [6, 6.07) is 0. The van der Waals surface area contributed by atoms with Crippen LogP contribution in [-0.2, 0) is 4.79 Å². The van der Waals surface area contributed by atoms with Crippen LogP contribution < -0.4 is 0 Å². The van der Waals surface area contributed by atoms with E-state index in [2.05, 4.69) is 27.7 Å². The van der Waals surface area contributed by atoms with E-state index in [0.29, 0.717) is 10.8 Å². The maximum atomic E-state index is 11.3. The molecule has 2 aliphatic rings. The van der Waals surface area contributed by atoms with Crippen LogP contribution >= 0.6 is 0 Å². The average Bonchev–Trinajstić information content (AvgIpc) is 2.48. The van der Waals surface area contributed by atoms with Crippen molar-refractivity contribution >= 4 is 5.78 Å². The summed E-state index contributed by atoms with van der Waals surface area (Å²) in [4.78, 5) is 11.3. The van der Waals surface area contributed by atoms with E-state index in [0.717, 1.165) is 12.8 Å². The summed E-state index contributed by atoms with van der Waals surface area (Å²) < 4.78 is 0. The number of ketones is 1. The van der Waals surface area contributed by atoms with Gasteiger partial charge >= 0.3 is 0 Å². The van der Waals surface area contributed by atoms with Gasteiger partial charge in [-0.15, -0.1) is 0 Å². The van der Waals surface area contributed by atoms with Gasteiger partial charge in [-0.25, -0.2) is 0 Å². The molecule has 1 nitrogen and oxygen atoms in total. The Bertz CT molecular complexity index is 419. The molecule has 2 rings (SSSR count). The third-order valence-electron chi connectivity index (χ3n) is 4.28. The van der Waals surface area contributed by atoms with Crippen molar-refractivity contribution in [3.05, 3.63) is 22.8 Å². The summed E-state index contributed by atoms with van der Waals surface area (Å²) in [6.45, 7) is 11.1. The van der Waals surface area contributed by atoms with Crippen LogP contribution in [0.5, 0.6) is 0 Å². The second-order valence-corrected chi connectivity index (χ2v) is 7.14. The fraction of sp³-hybridized carbons (Fsp3) is 0.688. The number of allylic oxidation sites excluding steroid dienone is 4. The summed E-state index contributed by atoms with van der Waals surface area (Å²) in [7, 11) is 0. The molecule has 0 aromatic carbocycles. The quantitative estimate of drug-likeness (QED) is 0.611. The standard InChI is InChI=1S/C16H24O/c1-11(17)8-12-6-7-16(4,5)14-10-15(2,3)9-13(12)14/h8H,6-7,9-10H2,1-5H3/b12-8+. The SMILES string of the molecule is CC(=O)/C=C1\CCC(C)(C)C2=C1CC(C)(C)C2. The molecule has 94 valence electrons. The zero-order valence-electron chi connectivity index (χ0n) is 11.8. The lowest BCUT2D eigenvalue weighted by Gasteiger charge is -2.34. The van der Waals surface area contributed by atoms with Crippen molar-refractivity contribution in [2.24, 2.45) is 10.8 Å². The smallest absolute Gasteiger partial charge is 0.152 e. The van der Waals surface area contributed by atoms with Crippen LogP contribution in [0.15, 0.2) is 22.8 Å². The average molecular weight is 232 g/mol. The Labute approximate surface area is 105 Å². The first-order valence-corrected chi connectivity index (χ1v) is 6.65. The van der Waals surface area contributed by atoms with E-state index in [1.165, 1.54) is 24.0 Å². The number of carbonyl (C=O) groups is 1. The molecule has 0 bridgehead atoms. The summed E-state index contributed by atoms with van der Waals surface area (Å²) in [5.41, 5.74) is 5.14. The van der Waals surface area contributed by atoms with Crippen LogP contribution in [0, 0.1) is 10.8 Å². The Morgan fingerprint density at radius 3 is 2.41 bits per heavy atom. The molecule has 0 saturated heterocycles. The van der Waals surface area contributed by atoms with Gasteiger partial charge in [0.05, 0.1) is 0 Å². The van der Waals surface area contributed by atoms with Gasteiger partial charge in [-0.2, -0.15) is 0 Å². The Morgan fingerprint density at radius 1 is 1.18 bits per heavy atom. The first-order chi connectivity index (χ1) is 7.71. The molecular weight excluding hydrogens is 208 g/mol. The topological polar surface area (TPSA) is 17.1 Å². The zero-order chi connectivity index (χ0) is 12.8. The van der Waals surface area contributed by atoms with E-state index in [1.807, 2.05) is 6.08 Å². The number of hydrogen-bond donors (Lipinski definition) is 0. The Morgan fingerprint density at radius 2 is 1.82 bits per heavy atom. The lowest BCUT2D eigenvalue weighted by Crippen LogP contribution is -2.20. The molecule has 17 heavy (non-hydrogen) atoms. The fourth-order valence-electron chi connectivity index (χ4n) is 3.34. The van der Waals surface area contributed by atoms with Crippen molar-refractivity contribution in [2.45, 2.75) is 60.3 Å². The first kappa shape index (κ1) is 12.6. The van der Waals surface area contributed by atoms with E-state index in [9.17, 15) is 4.79 Å². The van der Waals surface area contributed by atoms with Crippen molar-refractivity contribution in [1.29, 1.82) is 0 Å². The van der Waals surface area contributed by atoms with Gasteiger partial charge in [0, 0.05) is 0 Å². The van der Waals surface area contributed by atoms with Gasteiger partial charge in [0.1, 0.15) is 0 Å². The van der Waals surface area contributed by atoms with Gasteiger partial charge in [-0.1, -0.05) is 33.3 Å². The van der Waals surface area contributed by atoms with Crippen LogP contribution in [0.4, 0.5) is 0 Å². The van der Waals surface area contributed by atoms with Crippen molar-refractivity contribution < 1.29 is 4.79 Å². The van der Waals surface area contributed by atoms with Crippen molar-refractivity contribution in [3.63, 3.8) is 0 Å². The number of rotatable bonds is 1. The second kappa shape index (κ2) is 3.83. The number of hydrogen-bond acceptors (Lipinski definition) is 1. The molecule has 0 spiro atoms. The molecule has 0 saturated carbocycles. The second-order valence-electron chi connectivity index (χ2n) is 7.14. The summed E-state index contributed by atoms with van der Waals surface area (Å²) in [6.07, 6.45) is 6.46. The minimum atomic E-state index is 0.191. The molecule has 0 N–H and O–H groups in total. The summed E-state index contributed by atoms with van der Waals surface area (Å²) in [5, 5.41) is 0. The maximum absolute atomic E-state index is 11.3. The molecule has 0 heterocycles. The van der Waals surface area contributed by atoms with E-state index < -0.39 is 0 Å². The molecular formula is C16H24O. The van der Waals surface area contributed by atoms with Gasteiger partial charge in [-0.3, -0.25) is 4.79 Å². The van der Waals surface area contributed by atoms with Gasteiger partial charge in [0.15, 0.2) is 5.78 Å². The van der Waals surface area contributed by atoms with Gasteiger partial charge < -0.3 is 0 Å².